The van der Waals surface area contributed by atoms with E-state index in [2.05, 4.69) is 111 Å². The van der Waals surface area contributed by atoms with Crippen LogP contribution in [0.2, 0.25) is 0 Å². The smallest absolute Gasteiger partial charge is 0.462 e. The van der Waals surface area contributed by atoms with Crippen molar-refractivity contribution in [2.75, 3.05) is 47.5 Å². The number of likely N-dealkylation sites (N-methyl/N-ethyl adjacent to an activating group) is 1. The maximum Gasteiger partial charge on any atom is 0.472 e. The number of esters is 2. The molecule has 0 heterocycles. The van der Waals surface area contributed by atoms with E-state index in [1.54, 1.807) is 0 Å². The Bertz CT molecular complexity index is 1540. The number of rotatable bonds is 52. The van der Waals surface area contributed by atoms with Crippen molar-refractivity contribution >= 4 is 19.8 Å². The van der Waals surface area contributed by atoms with E-state index in [0.29, 0.717) is 17.4 Å². The molecular formula is C62H109NO8P+. The van der Waals surface area contributed by atoms with Crippen LogP contribution in [0.25, 0.3) is 0 Å². The predicted molar refractivity (Wildman–Crippen MR) is 307 cm³/mol. The topological polar surface area (TPSA) is 108 Å². The van der Waals surface area contributed by atoms with Gasteiger partial charge in [0.25, 0.3) is 0 Å². The highest BCUT2D eigenvalue weighted by atomic mass is 31.2. The summed E-state index contributed by atoms with van der Waals surface area (Å²) in [5.74, 6) is -0.803. The Morgan fingerprint density at radius 2 is 0.792 bits per heavy atom. The van der Waals surface area contributed by atoms with Gasteiger partial charge in [0, 0.05) is 12.8 Å². The number of allylic oxidation sites excluding steroid dienone is 16. The number of phosphoric acid groups is 1. The Kier molecular flexibility index (Phi) is 50.5. The molecule has 0 radical (unpaired) electrons. The number of quaternary nitrogens is 1. The molecule has 0 rings (SSSR count). The SMILES string of the molecule is CC/C=C\C/C=C\C/C=C\C/C=C\C/C=C\C/C=C\C/C=C\C/C=C\CCCCCCCCCCCCCCCCCCC(=O)OC(COC(=O)CCCCCCCCC)COP(=O)(O)OCC[N+](C)(C)C. The maximum atomic E-state index is 12.7. The van der Waals surface area contributed by atoms with E-state index in [1.807, 2.05) is 21.1 Å². The van der Waals surface area contributed by atoms with Gasteiger partial charge in [-0.15, -0.1) is 0 Å². The van der Waals surface area contributed by atoms with Gasteiger partial charge in [-0.1, -0.05) is 239 Å². The summed E-state index contributed by atoms with van der Waals surface area (Å²) < 4.78 is 34.3. The molecule has 0 fully saturated rings. The second-order valence-corrected chi connectivity index (χ2v) is 21.8. The lowest BCUT2D eigenvalue weighted by molar-refractivity contribution is -0.870. The largest absolute Gasteiger partial charge is 0.472 e. The number of nitrogens with zero attached hydrogens (tertiary/aromatic N) is 1. The standard InChI is InChI=1S/C62H108NO8P/c1-6-8-10-12-14-15-16-17-18-19-20-21-22-23-24-25-26-27-28-29-30-31-32-33-34-35-36-37-38-39-40-41-42-43-44-45-46-47-49-51-53-55-62(65)71-60(59-70-72(66,67)69-57-56-63(3,4)5)58-68-61(64)54-52-50-48-13-11-9-7-2/h8,10,14-15,17-18,20-21,23-24,26-27,29-30,32-33,60H,6-7,9,11-13,16,19,22,25,28,31,34-59H2,1-5H3/p+1/b10-8-,15-14-,18-17-,21-20-,24-23-,27-26-,30-29-,33-32-. The van der Waals surface area contributed by atoms with Gasteiger partial charge in [0.15, 0.2) is 6.10 Å². The molecule has 0 aliphatic heterocycles. The average molecular weight is 1030 g/mol. The Morgan fingerprint density at radius 3 is 1.18 bits per heavy atom. The first-order chi connectivity index (χ1) is 35.0. The van der Waals surface area contributed by atoms with Gasteiger partial charge < -0.3 is 18.9 Å². The molecule has 72 heavy (non-hydrogen) atoms. The van der Waals surface area contributed by atoms with E-state index in [4.69, 9.17) is 18.5 Å². The maximum absolute atomic E-state index is 12.7. The van der Waals surface area contributed by atoms with Crippen molar-refractivity contribution in [3.05, 3.63) is 97.2 Å². The summed E-state index contributed by atoms with van der Waals surface area (Å²) >= 11 is 0. The van der Waals surface area contributed by atoms with Gasteiger partial charge in [-0.25, -0.2) is 4.57 Å². The number of carbonyl (C=O) groups excluding carboxylic acids is 2. The zero-order valence-electron chi connectivity index (χ0n) is 46.9. The lowest BCUT2D eigenvalue weighted by atomic mass is 10.0. The first-order valence-corrected chi connectivity index (χ1v) is 30.5. The monoisotopic (exact) mass is 1030 g/mol. The van der Waals surface area contributed by atoms with Crippen LogP contribution in [-0.4, -0.2) is 74.9 Å². The summed E-state index contributed by atoms with van der Waals surface area (Å²) in [7, 11) is 1.47. The highest BCUT2D eigenvalue weighted by Gasteiger charge is 2.27. The summed E-state index contributed by atoms with van der Waals surface area (Å²) in [6, 6.07) is 0. The second-order valence-electron chi connectivity index (χ2n) is 20.3. The number of hydrogen-bond donors (Lipinski definition) is 1. The van der Waals surface area contributed by atoms with Crippen molar-refractivity contribution in [2.24, 2.45) is 0 Å². The zero-order chi connectivity index (χ0) is 52.7. The molecule has 0 aliphatic carbocycles. The van der Waals surface area contributed by atoms with E-state index >= 15 is 0 Å². The van der Waals surface area contributed by atoms with Crippen molar-refractivity contribution < 1.29 is 42.1 Å². The molecule has 0 spiro atoms. The number of phosphoric ester groups is 1. The van der Waals surface area contributed by atoms with E-state index in [0.717, 1.165) is 83.5 Å². The van der Waals surface area contributed by atoms with Crippen LogP contribution in [0.1, 0.15) is 232 Å². The zero-order valence-corrected chi connectivity index (χ0v) is 47.8. The molecule has 10 heteroatoms. The van der Waals surface area contributed by atoms with Crippen LogP contribution in [0.5, 0.6) is 0 Å². The molecule has 2 atom stereocenters. The molecule has 0 saturated carbocycles. The van der Waals surface area contributed by atoms with E-state index < -0.39 is 26.5 Å². The number of unbranched alkanes of at least 4 members (excludes halogenated alkanes) is 22. The van der Waals surface area contributed by atoms with Crippen molar-refractivity contribution in [3.8, 4) is 0 Å². The molecular weight excluding hydrogens is 918 g/mol. The lowest BCUT2D eigenvalue weighted by Gasteiger charge is -2.24. The summed E-state index contributed by atoms with van der Waals surface area (Å²) in [5.41, 5.74) is 0. The third-order valence-electron chi connectivity index (χ3n) is 12.1. The molecule has 0 aliphatic rings. The van der Waals surface area contributed by atoms with Gasteiger partial charge in [0.05, 0.1) is 27.7 Å². The Balaban J connectivity index is 3.88. The van der Waals surface area contributed by atoms with Crippen LogP contribution in [0.15, 0.2) is 97.2 Å². The first kappa shape index (κ1) is 68.9. The van der Waals surface area contributed by atoms with Gasteiger partial charge in [0.1, 0.15) is 19.8 Å². The van der Waals surface area contributed by atoms with Crippen molar-refractivity contribution in [1.29, 1.82) is 0 Å². The van der Waals surface area contributed by atoms with Crippen LogP contribution < -0.4 is 0 Å². The molecule has 0 bridgehead atoms. The van der Waals surface area contributed by atoms with Crippen molar-refractivity contribution in [3.63, 3.8) is 0 Å². The van der Waals surface area contributed by atoms with Gasteiger partial charge in [-0.05, 0) is 77.0 Å². The predicted octanol–water partition coefficient (Wildman–Crippen LogP) is 18.0. The van der Waals surface area contributed by atoms with Crippen molar-refractivity contribution in [2.45, 2.75) is 238 Å². The van der Waals surface area contributed by atoms with Gasteiger partial charge in [-0.2, -0.15) is 0 Å². The minimum Gasteiger partial charge on any atom is -0.462 e. The Morgan fingerprint density at radius 1 is 0.444 bits per heavy atom. The van der Waals surface area contributed by atoms with Crippen LogP contribution in [0.3, 0.4) is 0 Å². The van der Waals surface area contributed by atoms with Gasteiger partial charge >= 0.3 is 19.8 Å². The minimum absolute atomic E-state index is 0.0305. The van der Waals surface area contributed by atoms with Gasteiger partial charge in [0.2, 0.25) is 0 Å². The molecule has 0 aromatic carbocycles. The normalized spacial score (nSPS) is 14.0. The summed E-state index contributed by atoms with van der Waals surface area (Å²) in [6.45, 7) is 4.26. The number of carbonyl (C=O) groups is 2. The number of ether oxygens (including phenoxy) is 2. The third kappa shape index (κ3) is 56.2. The highest BCUT2D eigenvalue weighted by molar-refractivity contribution is 7.47. The Hall–Kier alpha value is -3.07. The fourth-order valence-electron chi connectivity index (χ4n) is 7.68. The fraction of sp³-hybridized carbons (Fsp3) is 0.710. The summed E-state index contributed by atoms with van der Waals surface area (Å²) in [5, 5.41) is 0. The summed E-state index contributed by atoms with van der Waals surface area (Å²) in [6.07, 6.45) is 72.4. The average Bonchev–Trinajstić information content (AvgIpc) is 3.34. The van der Waals surface area contributed by atoms with Crippen molar-refractivity contribution in [1.82, 2.24) is 0 Å². The first-order valence-electron chi connectivity index (χ1n) is 29.0. The fourth-order valence-corrected chi connectivity index (χ4v) is 8.42. The summed E-state index contributed by atoms with van der Waals surface area (Å²) in [4.78, 5) is 35.3. The molecule has 9 nitrogen and oxygen atoms in total. The van der Waals surface area contributed by atoms with Crippen LogP contribution in [0, 0.1) is 0 Å². The third-order valence-corrected chi connectivity index (χ3v) is 13.1. The highest BCUT2D eigenvalue weighted by Crippen LogP contribution is 2.43. The molecule has 2 unspecified atom stereocenters. The minimum atomic E-state index is -4.37. The molecule has 1 N–H and O–H groups in total. The second kappa shape index (κ2) is 52.8. The quantitative estimate of drug-likeness (QED) is 0.0211. The van der Waals surface area contributed by atoms with Gasteiger partial charge in [-0.3, -0.25) is 18.6 Å². The van der Waals surface area contributed by atoms with E-state index in [1.165, 1.54) is 116 Å². The lowest BCUT2D eigenvalue weighted by Crippen LogP contribution is -2.37. The molecule has 0 aromatic rings. The van der Waals surface area contributed by atoms with E-state index in [9.17, 15) is 19.0 Å². The van der Waals surface area contributed by atoms with Crippen LogP contribution >= 0.6 is 7.82 Å². The molecule has 0 amide bonds. The van der Waals surface area contributed by atoms with E-state index in [-0.39, 0.29) is 32.0 Å². The van der Waals surface area contributed by atoms with Crippen LogP contribution in [0.4, 0.5) is 0 Å². The number of hydrogen-bond acceptors (Lipinski definition) is 7. The molecule has 414 valence electrons. The molecule has 0 saturated heterocycles. The Labute approximate surface area is 443 Å². The molecule has 0 aromatic heterocycles. The van der Waals surface area contributed by atoms with Crippen LogP contribution in [-0.2, 0) is 32.7 Å².